The van der Waals surface area contributed by atoms with Crippen molar-refractivity contribution in [3.63, 3.8) is 0 Å². The molecule has 0 aromatic heterocycles. The maximum atomic E-state index is 6.01. The first kappa shape index (κ1) is 14.6. The molecule has 2 fully saturated rings. The van der Waals surface area contributed by atoms with Gasteiger partial charge in [-0.05, 0) is 31.6 Å². The van der Waals surface area contributed by atoms with Crippen molar-refractivity contribution >= 4 is 5.96 Å². The van der Waals surface area contributed by atoms with Gasteiger partial charge < -0.3 is 20.1 Å². The molecule has 0 radical (unpaired) electrons. The lowest BCUT2D eigenvalue weighted by atomic mass is 10.0. The number of ether oxygens (including phenoxy) is 2. The molecule has 5 heteroatoms. The number of guanidine groups is 1. The average Bonchev–Trinajstić information content (AvgIpc) is 2.91. The summed E-state index contributed by atoms with van der Waals surface area (Å²) >= 11 is 0. The van der Waals surface area contributed by atoms with Gasteiger partial charge in [-0.2, -0.15) is 0 Å². The Labute approximate surface area is 116 Å². The highest BCUT2D eigenvalue weighted by Gasteiger charge is 2.17. The van der Waals surface area contributed by atoms with E-state index in [1.54, 1.807) is 0 Å². The summed E-state index contributed by atoms with van der Waals surface area (Å²) in [5, 5.41) is 0. The predicted molar refractivity (Wildman–Crippen MR) is 76.3 cm³/mol. The Morgan fingerprint density at radius 3 is 3.05 bits per heavy atom. The van der Waals surface area contributed by atoms with E-state index in [-0.39, 0.29) is 0 Å². The molecule has 0 aromatic rings. The lowest BCUT2D eigenvalue weighted by Crippen LogP contribution is -2.43. The molecule has 0 spiro atoms. The summed E-state index contributed by atoms with van der Waals surface area (Å²) in [6, 6.07) is 0. The van der Waals surface area contributed by atoms with Crippen molar-refractivity contribution in [2.75, 3.05) is 39.5 Å². The van der Waals surface area contributed by atoms with Crippen LogP contribution in [0.15, 0.2) is 4.99 Å². The number of nitrogens with two attached hydrogens (primary N) is 1. The standard InChI is InChI=1S/C14H27N3O2/c1-12-4-2-7-17(10-12)14(15)16-6-9-18-11-13-5-3-8-19-13/h12-13H,2-11H2,1H3,(H2,15,16). The third-order valence-corrected chi connectivity index (χ3v) is 3.82. The monoisotopic (exact) mass is 269 g/mol. The van der Waals surface area contributed by atoms with Crippen LogP contribution < -0.4 is 5.73 Å². The van der Waals surface area contributed by atoms with E-state index in [4.69, 9.17) is 15.2 Å². The van der Waals surface area contributed by atoms with Crippen LogP contribution in [0.2, 0.25) is 0 Å². The summed E-state index contributed by atoms with van der Waals surface area (Å²) < 4.78 is 11.1. The smallest absolute Gasteiger partial charge is 0.191 e. The Balaban J connectivity index is 1.58. The minimum atomic E-state index is 0.296. The van der Waals surface area contributed by atoms with Gasteiger partial charge in [0, 0.05) is 19.7 Å². The molecule has 2 atom stereocenters. The summed E-state index contributed by atoms with van der Waals surface area (Å²) in [4.78, 5) is 6.59. The fraction of sp³-hybridized carbons (Fsp3) is 0.929. The van der Waals surface area contributed by atoms with E-state index in [0.717, 1.165) is 38.5 Å². The van der Waals surface area contributed by atoms with Gasteiger partial charge in [-0.3, -0.25) is 4.99 Å². The van der Waals surface area contributed by atoms with Gasteiger partial charge in [0.1, 0.15) is 0 Å². The Morgan fingerprint density at radius 1 is 1.42 bits per heavy atom. The van der Waals surface area contributed by atoms with E-state index in [0.29, 0.717) is 31.8 Å². The van der Waals surface area contributed by atoms with Crippen LogP contribution in [0.3, 0.4) is 0 Å². The SMILES string of the molecule is CC1CCCN(C(N)=NCCOCC2CCCO2)C1. The van der Waals surface area contributed by atoms with E-state index in [2.05, 4.69) is 16.8 Å². The first-order valence-electron chi connectivity index (χ1n) is 7.50. The molecule has 0 saturated carbocycles. The zero-order valence-electron chi connectivity index (χ0n) is 12.0. The summed E-state index contributed by atoms with van der Waals surface area (Å²) in [5.41, 5.74) is 6.01. The van der Waals surface area contributed by atoms with Crippen LogP contribution in [0.5, 0.6) is 0 Å². The quantitative estimate of drug-likeness (QED) is 0.463. The molecule has 2 unspecified atom stereocenters. The van der Waals surface area contributed by atoms with E-state index in [9.17, 15) is 0 Å². The van der Waals surface area contributed by atoms with Gasteiger partial charge in [-0.25, -0.2) is 0 Å². The van der Waals surface area contributed by atoms with Gasteiger partial charge >= 0.3 is 0 Å². The van der Waals surface area contributed by atoms with Crippen LogP contribution in [-0.2, 0) is 9.47 Å². The zero-order valence-corrected chi connectivity index (χ0v) is 12.0. The van der Waals surface area contributed by atoms with Crippen molar-refractivity contribution in [1.82, 2.24) is 4.90 Å². The van der Waals surface area contributed by atoms with Crippen LogP contribution in [0.1, 0.15) is 32.6 Å². The molecule has 2 heterocycles. The zero-order chi connectivity index (χ0) is 13.5. The Hall–Kier alpha value is -0.810. The minimum absolute atomic E-state index is 0.296. The average molecular weight is 269 g/mol. The van der Waals surface area contributed by atoms with Gasteiger partial charge in [-0.1, -0.05) is 6.92 Å². The van der Waals surface area contributed by atoms with Gasteiger partial charge in [0.2, 0.25) is 0 Å². The normalized spacial score (nSPS) is 28.9. The number of piperidine rings is 1. The fourth-order valence-electron chi connectivity index (χ4n) is 2.71. The number of hydrogen-bond acceptors (Lipinski definition) is 3. The van der Waals surface area contributed by atoms with Crippen molar-refractivity contribution in [3.05, 3.63) is 0 Å². The predicted octanol–water partition coefficient (Wildman–Crippen LogP) is 1.23. The second-order valence-electron chi connectivity index (χ2n) is 5.64. The van der Waals surface area contributed by atoms with E-state index >= 15 is 0 Å². The molecule has 5 nitrogen and oxygen atoms in total. The van der Waals surface area contributed by atoms with Crippen molar-refractivity contribution in [1.29, 1.82) is 0 Å². The second-order valence-corrected chi connectivity index (χ2v) is 5.64. The third-order valence-electron chi connectivity index (χ3n) is 3.82. The minimum Gasteiger partial charge on any atom is -0.377 e. The summed E-state index contributed by atoms with van der Waals surface area (Å²) in [6.45, 7) is 7.18. The van der Waals surface area contributed by atoms with E-state index in [1.165, 1.54) is 12.8 Å². The summed E-state index contributed by atoms with van der Waals surface area (Å²) in [5.74, 6) is 1.39. The van der Waals surface area contributed by atoms with Crippen molar-refractivity contribution in [2.24, 2.45) is 16.6 Å². The molecule has 2 rings (SSSR count). The molecule has 19 heavy (non-hydrogen) atoms. The Bertz CT molecular complexity index is 290. The van der Waals surface area contributed by atoms with Gasteiger partial charge in [0.15, 0.2) is 5.96 Å². The maximum Gasteiger partial charge on any atom is 0.191 e. The number of rotatable bonds is 5. The highest BCUT2D eigenvalue weighted by molar-refractivity contribution is 5.78. The molecular weight excluding hydrogens is 242 g/mol. The lowest BCUT2D eigenvalue weighted by molar-refractivity contribution is 0.0199. The molecule has 2 aliphatic rings. The molecular formula is C14H27N3O2. The van der Waals surface area contributed by atoms with Crippen LogP contribution in [0.4, 0.5) is 0 Å². The molecule has 2 saturated heterocycles. The molecule has 2 N–H and O–H groups in total. The number of hydrogen-bond donors (Lipinski definition) is 1. The lowest BCUT2D eigenvalue weighted by Gasteiger charge is -2.31. The van der Waals surface area contributed by atoms with Crippen LogP contribution in [0.25, 0.3) is 0 Å². The Morgan fingerprint density at radius 2 is 2.32 bits per heavy atom. The number of aliphatic imine (C=N–C) groups is 1. The first-order valence-corrected chi connectivity index (χ1v) is 7.50. The topological polar surface area (TPSA) is 60.1 Å². The van der Waals surface area contributed by atoms with Crippen molar-refractivity contribution in [3.8, 4) is 0 Å². The van der Waals surface area contributed by atoms with Crippen molar-refractivity contribution in [2.45, 2.75) is 38.7 Å². The summed E-state index contributed by atoms with van der Waals surface area (Å²) in [7, 11) is 0. The molecule has 0 aromatic carbocycles. The molecule has 0 amide bonds. The van der Waals surface area contributed by atoms with Gasteiger partial charge in [0.25, 0.3) is 0 Å². The largest absolute Gasteiger partial charge is 0.377 e. The molecule has 2 aliphatic heterocycles. The number of nitrogens with zero attached hydrogens (tertiary/aromatic N) is 2. The highest BCUT2D eigenvalue weighted by Crippen LogP contribution is 2.15. The van der Waals surface area contributed by atoms with Crippen LogP contribution >= 0.6 is 0 Å². The second kappa shape index (κ2) is 7.70. The van der Waals surface area contributed by atoms with Gasteiger partial charge in [0.05, 0.1) is 25.9 Å². The van der Waals surface area contributed by atoms with E-state index in [1.807, 2.05) is 0 Å². The number of likely N-dealkylation sites (tertiary alicyclic amines) is 1. The molecule has 0 aliphatic carbocycles. The maximum absolute atomic E-state index is 6.01. The summed E-state index contributed by atoms with van der Waals surface area (Å²) in [6.07, 6.45) is 5.09. The Kier molecular flexibility index (Phi) is 5.92. The van der Waals surface area contributed by atoms with Gasteiger partial charge in [-0.15, -0.1) is 0 Å². The fourth-order valence-corrected chi connectivity index (χ4v) is 2.71. The van der Waals surface area contributed by atoms with Crippen LogP contribution in [0, 0.1) is 5.92 Å². The molecule has 110 valence electrons. The first-order chi connectivity index (χ1) is 9.25. The van der Waals surface area contributed by atoms with Crippen LogP contribution in [-0.4, -0.2) is 56.4 Å². The van der Waals surface area contributed by atoms with E-state index < -0.39 is 0 Å². The molecule has 0 bridgehead atoms. The highest BCUT2D eigenvalue weighted by atomic mass is 16.5. The third kappa shape index (κ3) is 4.99. The van der Waals surface area contributed by atoms with Crippen molar-refractivity contribution < 1.29 is 9.47 Å².